The van der Waals surface area contributed by atoms with Gasteiger partial charge in [-0.1, -0.05) is 42.5 Å². The predicted molar refractivity (Wildman–Crippen MR) is 83.0 cm³/mol. The normalized spacial score (nSPS) is 10.3. The minimum Gasteiger partial charge on any atom is -0.336 e. The lowest BCUT2D eigenvalue weighted by Gasteiger charge is -2.10. The predicted octanol–water partition coefficient (Wildman–Crippen LogP) is 3.81. The van der Waals surface area contributed by atoms with Crippen LogP contribution in [0.15, 0.2) is 54.6 Å². The fourth-order valence-electron chi connectivity index (χ4n) is 1.97. The maximum atomic E-state index is 11.6. The van der Waals surface area contributed by atoms with Crippen LogP contribution in [0, 0.1) is 0 Å². The van der Waals surface area contributed by atoms with Crippen LogP contribution in [-0.2, 0) is 6.42 Å². The van der Waals surface area contributed by atoms with Gasteiger partial charge in [0.05, 0.1) is 0 Å². The van der Waals surface area contributed by atoms with E-state index in [0.717, 1.165) is 12.1 Å². The lowest BCUT2D eigenvalue weighted by molar-refractivity contribution is 0.250. The van der Waals surface area contributed by atoms with Crippen LogP contribution in [0.5, 0.6) is 0 Å². The SMILES string of the molecule is CC(C)NC(=O)Nc1ccc(Cc2ccccc2)cc1. The summed E-state index contributed by atoms with van der Waals surface area (Å²) < 4.78 is 0. The van der Waals surface area contributed by atoms with Crippen molar-refractivity contribution in [3.63, 3.8) is 0 Å². The van der Waals surface area contributed by atoms with Crippen LogP contribution in [0.3, 0.4) is 0 Å². The fraction of sp³-hybridized carbons (Fsp3) is 0.235. The molecule has 104 valence electrons. The van der Waals surface area contributed by atoms with Gasteiger partial charge in [-0.2, -0.15) is 0 Å². The number of anilines is 1. The van der Waals surface area contributed by atoms with E-state index >= 15 is 0 Å². The van der Waals surface area contributed by atoms with Crippen LogP contribution in [0.4, 0.5) is 10.5 Å². The lowest BCUT2D eigenvalue weighted by Crippen LogP contribution is -2.34. The van der Waals surface area contributed by atoms with Crippen LogP contribution in [-0.4, -0.2) is 12.1 Å². The van der Waals surface area contributed by atoms with Crippen LogP contribution in [0.25, 0.3) is 0 Å². The molecule has 0 heterocycles. The summed E-state index contributed by atoms with van der Waals surface area (Å²) in [6, 6.07) is 18.2. The molecule has 2 amide bonds. The van der Waals surface area contributed by atoms with Gasteiger partial charge in [-0.05, 0) is 43.5 Å². The van der Waals surface area contributed by atoms with E-state index in [1.54, 1.807) is 0 Å². The Labute approximate surface area is 120 Å². The number of carbonyl (C=O) groups excluding carboxylic acids is 1. The van der Waals surface area contributed by atoms with E-state index in [1.165, 1.54) is 11.1 Å². The number of amides is 2. The maximum absolute atomic E-state index is 11.6. The van der Waals surface area contributed by atoms with Crippen molar-refractivity contribution in [1.29, 1.82) is 0 Å². The van der Waals surface area contributed by atoms with Crippen molar-refractivity contribution in [3.8, 4) is 0 Å². The van der Waals surface area contributed by atoms with E-state index in [1.807, 2.05) is 56.3 Å². The van der Waals surface area contributed by atoms with E-state index < -0.39 is 0 Å². The minimum absolute atomic E-state index is 0.132. The molecule has 0 atom stereocenters. The Morgan fingerprint density at radius 1 is 0.950 bits per heavy atom. The zero-order valence-corrected chi connectivity index (χ0v) is 11.9. The second-order valence-corrected chi connectivity index (χ2v) is 5.11. The topological polar surface area (TPSA) is 41.1 Å². The quantitative estimate of drug-likeness (QED) is 0.870. The third-order valence-corrected chi connectivity index (χ3v) is 2.88. The highest BCUT2D eigenvalue weighted by Crippen LogP contribution is 2.13. The molecule has 0 aliphatic carbocycles. The monoisotopic (exact) mass is 268 g/mol. The summed E-state index contributed by atoms with van der Waals surface area (Å²) in [6.07, 6.45) is 0.902. The molecule has 20 heavy (non-hydrogen) atoms. The molecule has 0 aliphatic heterocycles. The van der Waals surface area contributed by atoms with E-state index in [0.29, 0.717) is 0 Å². The average Bonchev–Trinajstić information content (AvgIpc) is 2.41. The highest BCUT2D eigenvalue weighted by molar-refractivity contribution is 5.89. The highest BCUT2D eigenvalue weighted by Gasteiger charge is 2.03. The van der Waals surface area contributed by atoms with Gasteiger partial charge in [-0.3, -0.25) is 0 Å². The van der Waals surface area contributed by atoms with E-state index in [4.69, 9.17) is 0 Å². The molecule has 0 saturated heterocycles. The van der Waals surface area contributed by atoms with Crippen molar-refractivity contribution in [3.05, 3.63) is 65.7 Å². The van der Waals surface area contributed by atoms with Crippen molar-refractivity contribution in [1.82, 2.24) is 5.32 Å². The molecule has 0 bridgehead atoms. The molecule has 3 nitrogen and oxygen atoms in total. The molecule has 0 saturated carbocycles. The Morgan fingerprint density at radius 2 is 1.55 bits per heavy atom. The summed E-state index contributed by atoms with van der Waals surface area (Å²) in [7, 11) is 0. The number of benzene rings is 2. The van der Waals surface area contributed by atoms with Gasteiger partial charge in [0.25, 0.3) is 0 Å². The van der Waals surface area contributed by atoms with Crippen LogP contribution >= 0.6 is 0 Å². The third kappa shape index (κ3) is 4.43. The molecule has 2 aromatic carbocycles. The molecule has 0 unspecified atom stereocenters. The van der Waals surface area contributed by atoms with Crippen LogP contribution < -0.4 is 10.6 Å². The Bertz CT molecular complexity index is 547. The van der Waals surface area contributed by atoms with Crippen molar-refractivity contribution in [2.24, 2.45) is 0 Å². The lowest BCUT2D eigenvalue weighted by atomic mass is 10.0. The molecule has 0 aliphatic rings. The number of hydrogen-bond acceptors (Lipinski definition) is 1. The summed E-state index contributed by atoms with van der Waals surface area (Å²) in [6.45, 7) is 3.87. The van der Waals surface area contributed by atoms with Gasteiger partial charge in [0.1, 0.15) is 0 Å². The van der Waals surface area contributed by atoms with Crippen LogP contribution in [0.2, 0.25) is 0 Å². The summed E-state index contributed by atoms with van der Waals surface area (Å²) in [4.78, 5) is 11.6. The Kier molecular flexibility index (Phi) is 4.77. The number of nitrogens with one attached hydrogen (secondary N) is 2. The van der Waals surface area contributed by atoms with Gasteiger partial charge < -0.3 is 10.6 Å². The third-order valence-electron chi connectivity index (χ3n) is 2.88. The highest BCUT2D eigenvalue weighted by atomic mass is 16.2. The van der Waals surface area contributed by atoms with Crippen molar-refractivity contribution < 1.29 is 4.79 Å². The van der Waals surface area contributed by atoms with E-state index in [-0.39, 0.29) is 12.1 Å². The minimum atomic E-state index is -0.171. The van der Waals surface area contributed by atoms with Gasteiger partial charge in [-0.25, -0.2) is 4.79 Å². The molecule has 0 spiro atoms. The molecular weight excluding hydrogens is 248 g/mol. The first-order valence-electron chi connectivity index (χ1n) is 6.84. The number of carbonyl (C=O) groups is 1. The molecular formula is C17H20N2O. The summed E-state index contributed by atoms with van der Waals surface area (Å²) in [5.74, 6) is 0. The largest absolute Gasteiger partial charge is 0.336 e. The summed E-state index contributed by atoms with van der Waals surface area (Å²) >= 11 is 0. The van der Waals surface area contributed by atoms with E-state index in [2.05, 4.69) is 22.8 Å². The second-order valence-electron chi connectivity index (χ2n) is 5.11. The number of rotatable bonds is 4. The van der Waals surface area contributed by atoms with Gasteiger partial charge >= 0.3 is 6.03 Å². The van der Waals surface area contributed by atoms with Crippen molar-refractivity contribution in [2.75, 3.05) is 5.32 Å². The molecule has 2 N–H and O–H groups in total. The second kappa shape index (κ2) is 6.75. The first-order chi connectivity index (χ1) is 9.63. The fourth-order valence-corrected chi connectivity index (χ4v) is 1.97. The van der Waals surface area contributed by atoms with Gasteiger partial charge in [-0.15, -0.1) is 0 Å². The Morgan fingerprint density at radius 3 is 2.15 bits per heavy atom. The maximum Gasteiger partial charge on any atom is 0.319 e. The Balaban J connectivity index is 1.94. The smallest absolute Gasteiger partial charge is 0.319 e. The van der Waals surface area contributed by atoms with Gasteiger partial charge in [0.15, 0.2) is 0 Å². The number of hydrogen-bond donors (Lipinski definition) is 2. The molecule has 3 heteroatoms. The average molecular weight is 268 g/mol. The van der Waals surface area contributed by atoms with Gasteiger partial charge in [0.2, 0.25) is 0 Å². The van der Waals surface area contributed by atoms with E-state index in [9.17, 15) is 4.79 Å². The molecule has 0 fully saturated rings. The number of urea groups is 1. The standard InChI is InChI=1S/C17H20N2O/c1-13(2)18-17(20)19-16-10-8-15(9-11-16)12-14-6-4-3-5-7-14/h3-11,13H,12H2,1-2H3,(H2,18,19,20). The summed E-state index contributed by atoms with van der Waals surface area (Å²) in [5.41, 5.74) is 3.32. The van der Waals surface area contributed by atoms with Crippen molar-refractivity contribution >= 4 is 11.7 Å². The zero-order valence-electron chi connectivity index (χ0n) is 11.9. The first-order valence-corrected chi connectivity index (χ1v) is 6.84. The molecule has 0 aromatic heterocycles. The first kappa shape index (κ1) is 14.1. The molecule has 2 rings (SSSR count). The van der Waals surface area contributed by atoms with Crippen LogP contribution in [0.1, 0.15) is 25.0 Å². The zero-order chi connectivity index (χ0) is 14.4. The van der Waals surface area contributed by atoms with Crippen molar-refractivity contribution in [2.45, 2.75) is 26.3 Å². The Hall–Kier alpha value is -2.29. The molecule has 2 aromatic rings. The molecule has 0 radical (unpaired) electrons. The van der Waals surface area contributed by atoms with Gasteiger partial charge in [0, 0.05) is 11.7 Å². The summed E-state index contributed by atoms with van der Waals surface area (Å²) in [5, 5.41) is 5.61.